The van der Waals surface area contributed by atoms with E-state index in [0.29, 0.717) is 25.2 Å². The highest BCUT2D eigenvalue weighted by Crippen LogP contribution is 2.18. The molecule has 0 spiro atoms. The summed E-state index contributed by atoms with van der Waals surface area (Å²) in [6.07, 6.45) is 1.08. The first-order chi connectivity index (χ1) is 8.47. The molecule has 5 nitrogen and oxygen atoms in total. The average Bonchev–Trinajstić information content (AvgIpc) is 2.35. The molecule has 0 heterocycles. The molecule has 5 N–H and O–H groups in total. The van der Waals surface area contributed by atoms with Crippen LogP contribution in [-0.2, 0) is 11.4 Å². The molecule has 0 fully saturated rings. The largest absolute Gasteiger partial charge is 0.493 e. The van der Waals surface area contributed by atoms with Crippen molar-refractivity contribution in [1.29, 1.82) is 0 Å². The predicted molar refractivity (Wildman–Crippen MR) is 68.9 cm³/mol. The van der Waals surface area contributed by atoms with E-state index in [4.69, 9.17) is 21.3 Å². The third-order valence-corrected chi connectivity index (χ3v) is 2.80. The summed E-state index contributed by atoms with van der Waals surface area (Å²) >= 11 is 0. The maximum absolute atomic E-state index is 11.0. The number of hydrogen-bond donors (Lipinski definition) is 3. The molecule has 1 unspecified atom stereocenters. The molecule has 0 aliphatic rings. The van der Waals surface area contributed by atoms with Crippen LogP contribution < -0.4 is 16.2 Å². The summed E-state index contributed by atoms with van der Waals surface area (Å²) in [6.45, 7) is 1.97. The van der Waals surface area contributed by atoms with E-state index in [9.17, 15) is 4.79 Å². The van der Waals surface area contributed by atoms with E-state index in [1.54, 1.807) is 19.1 Å². The minimum atomic E-state index is -1.00. The molecule has 18 heavy (non-hydrogen) atoms. The zero-order valence-corrected chi connectivity index (χ0v) is 10.6. The Balaban J connectivity index is 2.41. The summed E-state index contributed by atoms with van der Waals surface area (Å²) in [6, 6.07) is 7.26. The first-order valence-corrected chi connectivity index (χ1v) is 5.87. The van der Waals surface area contributed by atoms with Crippen LogP contribution in [0.1, 0.15) is 25.3 Å². The monoisotopic (exact) mass is 252 g/mol. The Morgan fingerprint density at radius 1 is 1.44 bits per heavy atom. The number of hydrogen-bond acceptors (Lipinski definition) is 4. The van der Waals surface area contributed by atoms with Crippen LogP contribution in [0.5, 0.6) is 5.75 Å². The Hall–Kier alpha value is -1.59. The fourth-order valence-corrected chi connectivity index (χ4v) is 1.52. The van der Waals surface area contributed by atoms with Crippen molar-refractivity contribution in [2.75, 3.05) is 6.61 Å². The number of ether oxygens (including phenoxy) is 1. The molecule has 1 aromatic carbocycles. The van der Waals surface area contributed by atoms with Crippen LogP contribution in [0.25, 0.3) is 0 Å². The Labute approximate surface area is 107 Å². The lowest BCUT2D eigenvalue weighted by Gasteiger charge is -2.20. The van der Waals surface area contributed by atoms with Crippen molar-refractivity contribution in [2.24, 2.45) is 11.5 Å². The smallest absolute Gasteiger partial charge is 0.237 e. The average molecular weight is 252 g/mol. The van der Waals surface area contributed by atoms with Gasteiger partial charge in [-0.15, -0.1) is 0 Å². The fourth-order valence-electron chi connectivity index (χ4n) is 1.52. The van der Waals surface area contributed by atoms with Crippen molar-refractivity contribution in [3.05, 3.63) is 29.8 Å². The Bertz CT molecular complexity index is 405. The molecule has 0 saturated carbocycles. The Kier molecular flexibility index (Phi) is 5.12. The van der Waals surface area contributed by atoms with Crippen molar-refractivity contribution in [2.45, 2.75) is 31.9 Å². The number of benzene rings is 1. The van der Waals surface area contributed by atoms with Crippen molar-refractivity contribution in [3.8, 4) is 5.75 Å². The van der Waals surface area contributed by atoms with Gasteiger partial charge in [-0.1, -0.05) is 18.2 Å². The molecule has 0 radical (unpaired) electrons. The second-order valence-electron chi connectivity index (χ2n) is 4.50. The Morgan fingerprint density at radius 3 is 2.72 bits per heavy atom. The summed E-state index contributed by atoms with van der Waals surface area (Å²) in [5, 5.41) is 9.12. The van der Waals surface area contributed by atoms with E-state index in [-0.39, 0.29) is 6.61 Å². The van der Waals surface area contributed by atoms with Crippen LogP contribution in [0.4, 0.5) is 0 Å². The summed E-state index contributed by atoms with van der Waals surface area (Å²) in [7, 11) is 0. The van der Waals surface area contributed by atoms with Crippen LogP contribution in [0.2, 0.25) is 0 Å². The SMILES string of the molecule is CC(N)(CCCOc1ccccc1CO)C(N)=O. The molecule has 0 saturated heterocycles. The lowest BCUT2D eigenvalue weighted by molar-refractivity contribution is -0.122. The molecule has 1 aromatic rings. The van der Waals surface area contributed by atoms with Gasteiger partial charge in [-0.2, -0.15) is 0 Å². The summed E-state index contributed by atoms with van der Waals surface area (Å²) in [5.74, 6) is 0.135. The van der Waals surface area contributed by atoms with Gasteiger partial charge in [0.25, 0.3) is 0 Å². The third-order valence-electron chi connectivity index (χ3n) is 2.80. The van der Waals surface area contributed by atoms with Gasteiger partial charge in [-0.3, -0.25) is 4.79 Å². The van der Waals surface area contributed by atoms with Crippen LogP contribution in [0.3, 0.4) is 0 Å². The van der Waals surface area contributed by atoms with Crippen molar-refractivity contribution >= 4 is 5.91 Å². The molecule has 5 heteroatoms. The molecular formula is C13H20N2O3. The molecule has 0 aromatic heterocycles. The molecule has 100 valence electrons. The van der Waals surface area contributed by atoms with Gasteiger partial charge in [0.2, 0.25) is 5.91 Å². The quantitative estimate of drug-likeness (QED) is 0.617. The number of carbonyl (C=O) groups is 1. The highest BCUT2D eigenvalue weighted by atomic mass is 16.5. The van der Waals surface area contributed by atoms with Crippen LogP contribution in [0, 0.1) is 0 Å². The topological polar surface area (TPSA) is 98.6 Å². The lowest BCUT2D eigenvalue weighted by atomic mass is 9.97. The van der Waals surface area contributed by atoms with E-state index in [0.717, 1.165) is 5.56 Å². The minimum Gasteiger partial charge on any atom is -0.493 e. The molecule has 1 rings (SSSR count). The molecule has 0 aliphatic heterocycles. The summed E-state index contributed by atoms with van der Waals surface area (Å²) < 4.78 is 5.54. The fraction of sp³-hybridized carbons (Fsp3) is 0.462. The number of nitrogens with two attached hydrogens (primary N) is 2. The zero-order chi connectivity index (χ0) is 13.6. The van der Waals surface area contributed by atoms with Gasteiger partial charge >= 0.3 is 0 Å². The van der Waals surface area contributed by atoms with E-state index >= 15 is 0 Å². The third kappa shape index (κ3) is 4.01. The van der Waals surface area contributed by atoms with E-state index in [1.165, 1.54) is 0 Å². The first-order valence-electron chi connectivity index (χ1n) is 5.87. The van der Waals surface area contributed by atoms with E-state index in [2.05, 4.69) is 0 Å². The van der Waals surface area contributed by atoms with E-state index in [1.807, 2.05) is 12.1 Å². The number of amides is 1. The van der Waals surface area contributed by atoms with Crippen molar-refractivity contribution < 1.29 is 14.6 Å². The molecule has 0 aliphatic carbocycles. The van der Waals surface area contributed by atoms with Gasteiger partial charge in [-0.05, 0) is 25.8 Å². The van der Waals surface area contributed by atoms with Crippen LogP contribution >= 0.6 is 0 Å². The van der Waals surface area contributed by atoms with Crippen LogP contribution in [-0.4, -0.2) is 23.2 Å². The van der Waals surface area contributed by atoms with Crippen molar-refractivity contribution in [3.63, 3.8) is 0 Å². The number of carbonyl (C=O) groups excluding carboxylic acids is 1. The van der Waals surface area contributed by atoms with E-state index < -0.39 is 11.4 Å². The normalized spacial score (nSPS) is 13.9. The second kappa shape index (κ2) is 6.37. The van der Waals surface area contributed by atoms with Gasteiger partial charge in [0.15, 0.2) is 0 Å². The maximum atomic E-state index is 11.0. The minimum absolute atomic E-state index is 0.0634. The molecule has 1 atom stereocenters. The zero-order valence-electron chi connectivity index (χ0n) is 10.6. The second-order valence-corrected chi connectivity index (χ2v) is 4.50. The number of para-hydroxylation sites is 1. The Morgan fingerprint density at radius 2 is 2.11 bits per heavy atom. The van der Waals surface area contributed by atoms with Gasteiger partial charge in [0.05, 0.1) is 18.8 Å². The number of primary amides is 1. The molecule has 1 amide bonds. The number of aliphatic hydroxyl groups excluding tert-OH is 1. The maximum Gasteiger partial charge on any atom is 0.237 e. The number of rotatable bonds is 7. The summed E-state index contributed by atoms with van der Waals surface area (Å²) in [5.41, 5.74) is 10.6. The van der Waals surface area contributed by atoms with Crippen LogP contribution in [0.15, 0.2) is 24.3 Å². The van der Waals surface area contributed by atoms with Gasteiger partial charge in [0, 0.05) is 5.56 Å². The number of aliphatic hydroxyl groups is 1. The highest BCUT2D eigenvalue weighted by molar-refractivity contribution is 5.83. The highest BCUT2D eigenvalue weighted by Gasteiger charge is 2.24. The summed E-state index contributed by atoms with van der Waals surface area (Å²) in [4.78, 5) is 11.0. The molecule has 0 bridgehead atoms. The van der Waals surface area contributed by atoms with Gasteiger partial charge in [-0.25, -0.2) is 0 Å². The molecular weight excluding hydrogens is 232 g/mol. The van der Waals surface area contributed by atoms with Crippen molar-refractivity contribution in [1.82, 2.24) is 0 Å². The first kappa shape index (κ1) is 14.5. The van der Waals surface area contributed by atoms with Gasteiger partial charge in [0.1, 0.15) is 5.75 Å². The van der Waals surface area contributed by atoms with Gasteiger partial charge < -0.3 is 21.3 Å². The lowest BCUT2D eigenvalue weighted by Crippen LogP contribution is -2.49. The predicted octanol–water partition coefficient (Wildman–Crippen LogP) is 0.541. The standard InChI is InChI=1S/C13H20N2O3/c1-13(15,12(14)17)7-4-8-18-11-6-3-2-5-10(11)9-16/h2-3,5-6,16H,4,7-9,15H2,1H3,(H2,14,17).